The number of carbonyl (C=O) groups is 1. The topological polar surface area (TPSA) is 40.5 Å². The number of carbonyl (C=O) groups excluding carboxylic acids is 1. The first-order valence-corrected chi connectivity index (χ1v) is 6.36. The minimum Gasteiger partial charge on any atom is -0.508 e. The van der Waals surface area contributed by atoms with E-state index in [1.807, 2.05) is 25.1 Å². The molecule has 0 fully saturated rings. The van der Waals surface area contributed by atoms with Crippen LogP contribution in [0.4, 0.5) is 5.69 Å². The molecule has 0 bridgehead atoms. The Morgan fingerprint density at radius 1 is 1.21 bits per heavy atom. The molecule has 1 N–H and O–H groups in total. The molecule has 0 aliphatic carbocycles. The molecule has 0 atom stereocenters. The van der Waals surface area contributed by atoms with Crippen LogP contribution in [0.15, 0.2) is 42.5 Å². The van der Waals surface area contributed by atoms with Crippen molar-refractivity contribution in [2.24, 2.45) is 0 Å². The number of para-hydroxylation sites is 1. The molecule has 0 aromatic heterocycles. The largest absolute Gasteiger partial charge is 0.508 e. The molecule has 96 valence electrons. The molecular weight excluding hydrogens is 238 g/mol. The molecule has 2 aromatic carbocycles. The van der Waals surface area contributed by atoms with Gasteiger partial charge in [-0.25, -0.2) is 0 Å². The number of aryl methyl sites for hydroxylation is 1. The van der Waals surface area contributed by atoms with E-state index in [9.17, 15) is 9.90 Å². The Morgan fingerprint density at radius 3 is 2.79 bits per heavy atom. The fourth-order valence-corrected chi connectivity index (χ4v) is 2.45. The number of anilines is 1. The molecule has 1 aliphatic heterocycles. The first-order chi connectivity index (χ1) is 9.16. The summed E-state index contributed by atoms with van der Waals surface area (Å²) in [6, 6.07) is 13.0. The highest BCUT2D eigenvalue weighted by Crippen LogP contribution is 2.29. The third-order valence-corrected chi connectivity index (χ3v) is 3.59. The summed E-state index contributed by atoms with van der Waals surface area (Å²) in [4.78, 5) is 14.3. The molecule has 19 heavy (non-hydrogen) atoms. The van der Waals surface area contributed by atoms with Crippen molar-refractivity contribution in [1.82, 2.24) is 0 Å². The fraction of sp³-hybridized carbons (Fsp3) is 0.188. The Morgan fingerprint density at radius 2 is 2.00 bits per heavy atom. The quantitative estimate of drug-likeness (QED) is 0.849. The lowest BCUT2D eigenvalue weighted by atomic mass is 10.1. The second kappa shape index (κ2) is 4.43. The average molecular weight is 253 g/mol. The Labute approximate surface area is 112 Å². The second-order valence-corrected chi connectivity index (χ2v) is 4.84. The van der Waals surface area contributed by atoms with Gasteiger partial charge in [-0.3, -0.25) is 4.79 Å². The molecule has 0 saturated heterocycles. The van der Waals surface area contributed by atoms with Crippen LogP contribution in [0.2, 0.25) is 0 Å². The summed E-state index contributed by atoms with van der Waals surface area (Å²) in [5.41, 5.74) is 3.48. The zero-order chi connectivity index (χ0) is 13.4. The lowest BCUT2D eigenvalue weighted by molar-refractivity contribution is 0.0989. The molecule has 1 heterocycles. The Balaban J connectivity index is 1.95. The first kappa shape index (κ1) is 11.8. The molecule has 0 radical (unpaired) electrons. The van der Waals surface area contributed by atoms with E-state index in [0.29, 0.717) is 12.1 Å². The summed E-state index contributed by atoms with van der Waals surface area (Å²) >= 11 is 0. The molecular formula is C16H15NO2. The van der Waals surface area contributed by atoms with Gasteiger partial charge in [-0.1, -0.05) is 24.3 Å². The smallest absolute Gasteiger partial charge is 0.258 e. The number of hydrogen-bond donors (Lipinski definition) is 1. The maximum absolute atomic E-state index is 12.5. The Bertz CT molecular complexity index is 649. The summed E-state index contributed by atoms with van der Waals surface area (Å²) in [7, 11) is 0. The van der Waals surface area contributed by atoms with Crippen LogP contribution in [-0.4, -0.2) is 17.6 Å². The summed E-state index contributed by atoms with van der Waals surface area (Å²) in [6.07, 6.45) is 0.889. The molecule has 1 aliphatic rings. The van der Waals surface area contributed by atoms with Crippen LogP contribution in [0.1, 0.15) is 21.5 Å². The lowest BCUT2D eigenvalue weighted by Gasteiger charge is -2.17. The standard InChI is InChI=1S/C16H15NO2/c1-11-6-7-13(10-15(11)18)16(19)17-9-8-12-4-2-3-5-14(12)17/h2-7,10,18H,8-9H2,1H3. The third kappa shape index (κ3) is 1.97. The highest BCUT2D eigenvalue weighted by molar-refractivity contribution is 6.07. The van der Waals surface area contributed by atoms with Crippen molar-refractivity contribution in [2.75, 3.05) is 11.4 Å². The number of rotatable bonds is 1. The number of phenols is 1. The van der Waals surface area contributed by atoms with E-state index < -0.39 is 0 Å². The maximum Gasteiger partial charge on any atom is 0.258 e. The van der Waals surface area contributed by atoms with Crippen molar-refractivity contribution >= 4 is 11.6 Å². The molecule has 3 nitrogen and oxygen atoms in total. The zero-order valence-corrected chi connectivity index (χ0v) is 10.8. The van der Waals surface area contributed by atoms with Crippen molar-refractivity contribution in [3.05, 3.63) is 59.2 Å². The van der Waals surface area contributed by atoms with Gasteiger partial charge in [0.25, 0.3) is 5.91 Å². The van der Waals surface area contributed by atoms with Gasteiger partial charge < -0.3 is 10.0 Å². The van der Waals surface area contributed by atoms with Gasteiger partial charge in [0.1, 0.15) is 5.75 Å². The number of benzene rings is 2. The molecule has 3 heteroatoms. The van der Waals surface area contributed by atoms with Crippen molar-refractivity contribution in [2.45, 2.75) is 13.3 Å². The van der Waals surface area contributed by atoms with Gasteiger partial charge in [-0.15, -0.1) is 0 Å². The van der Waals surface area contributed by atoms with E-state index in [1.54, 1.807) is 23.1 Å². The maximum atomic E-state index is 12.5. The third-order valence-electron chi connectivity index (χ3n) is 3.59. The van der Waals surface area contributed by atoms with Crippen LogP contribution in [0.5, 0.6) is 5.75 Å². The lowest BCUT2D eigenvalue weighted by Crippen LogP contribution is -2.28. The number of phenolic OH excluding ortho intramolecular Hbond substituents is 1. The van der Waals surface area contributed by atoms with Crippen molar-refractivity contribution in [1.29, 1.82) is 0 Å². The van der Waals surface area contributed by atoms with Crippen molar-refractivity contribution in [3.63, 3.8) is 0 Å². The highest BCUT2D eigenvalue weighted by Gasteiger charge is 2.25. The summed E-state index contributed by atoms with van der Waals surface area (Å²) in [5, 5.41) is 9.72. The SMILES string of the molecule is Cc1ccc(C(=O)N2CCc3ccccc32)cc1O. The van der Waals surface area contributed by atoms with Gasteiger partial charge in [0.05, 0.1) is 0 Å². The average Bonchev–Trinajstić information content (AvgIpc) is 2.85. The van der Waals surface area contributed by atoms with Gasteiger partial charge in [-0.2, -0.15) is 0 Å². The van der Waals surface area contributed by atoms with Crippen LogP contribution in [0, 0.1) is 6.92 Å². The summed E-state index contributed by atoms with van der Waals surface area (Å²) in [5.74, 6) is 0.110. The number of aromatic hydroxyl groups is 1. The number of nitrogens with zero attached hydrogens (tertiary/aromatic N) is 1. The Hall–Kier alpha value is -2.29. The Kier molecular flexibility index (Phi) is 2.75. The summed E-state index contributed by atoms with van der Waals surface area (Å²) in [6.45, 7) is 2.52. The van der Waals surface area contributed by atoms with E-state index in [2.05, 4.69) is 6.07 Å². The molecule has 2 aromatic rings. The first-order valence-electron chi connectivity index (χ1n) is 6.36. The summed E-state index contributed by atoms with van der Waals surface area (Å²) < 4.78 is 0. The minimum absolute atomic E-state index is 0.0553. The normalized spacial score (nSPS) is 13.4. The molecule has 0 saturated carbocycles. The van der Waals surface area contributed by atoms with E-state index in [4.69, 9.17) is 0 Å². The van der Waals surface area contributed by atoms with Crippen LogP contribution in [0.3, 0.4) is 0 Å². The monoisotopic (exact) mass is 253 g/mol. The molecule has 0 spiro atoms. The minimum atomic E-state index is -0.0553. The van der Waals surface area contributed by atoms with E-state index in [-0.39, 0.29) is 11.7 Å². The van der Waals surface area contributed by atoms with Gasteiger partial charge in [0, 0.05) is 17.8 Å². The predicted molar refractivity (Wildman–Crippen MR) is 74.7 cm³/mol. The van der Waals surface area contributed by atoms with Crippen LogP contribution in [0.25, 0.3) is 0 Å². The van der Waals surface area contributed by atoms with E-state index in [1.165, 1.54) is 5.56 Å². The van der Waals surface area contributed by atoms with E-state index >= 15 is 0 Å². The van der Waals surface area contributed by atoms with Gasteiger partial charge in [-0.05, 0) is 42.7 Å². The highest BCUT2D eigenvalue weighted by atomic mass is 16.3. The molecule has 0 unspecified atom stereocenters. The van der Waals surface area contributed by atoms with E-state index in [0.717, 1.165) is 17.7 Å². The van der Waals surface area contributed by atoms with Crippen LogP contribution >= 0.6 is 0 Å². The molecule has 3 rings (SSSR count). The number of amides is 1. The number of hydrogen-bond acceptors (Lipinski definition) is 2. The van der Waals surface area contributed by atoms with Gasteiger partial charge >= 0.3 is 0 Å². The number of fused-ring (bicyclic) bond motifs is 1. The van der Waals surface area contributed by atoms with Crippen molar-refractivity contribution < 1.29 is 9.90 Å². The molecule has 1 amide bonds. The predicted octanol–water partition coefficient (Wildman–Crippen LogP) is 2.90. The van der Waals surface area contributed by atoms with Gasteiger partial charge in [0.15, 0.2) is 0 Å². The second-order valence-electron chi connectivity index (χ2n) is 4.84. The van der Waals surface area contributed by atoms with Crippen LogP contribution < -0.4 is 4.90 Å². The van der Waals surface area contributed by atoms with Gasteiger partial charge in [0.2, 0.25) is 0 Å². The zero-order valence-electron chi connectivity index (χ0n) is 10.8. The van der Waals surface area contributed by atoms with Crippen molar-refractivity contribution in [3.8, 4) is 5.75 Å². The fourth-order valence-electron chi connectivity index (χ4n) is 2.45. The van der Waals surface area contributed by atoms with Crippen LogP contribution in [-0.2, 0) is 6.42 Å².